The zero-order valence-corrected chi connectivity index (χ0v) is 15.8. The van der Waals surface area contributed by atoms with Crippen LogP contribution in [0, 0.1) is 0 Å². The molecule has 1 aromatic rings. The summed E-state index contributed by atoms with van der Waals surface area (Å²) in [5.74, 6) is 0.464. The molecule has 2 rings (SSSR count). The predicted molar refractivity (Wildman–Crippen MR) is 91.8 cm³/mol. The predicted octanol–water partition coefficient (Wildman–Crippen LogP) is 1.71. The lowest BCUT2D eigenvalue weighted by Gasteiger charge is -2.35. The molecule has 0 N–H and O–H groups in total. The molecule has 6 nitrogen and oxygen atoms in total. The summed E-state index contributed by atoms with van der Waals surface area (Å²) >= 11 is 3.34. The molecule has 1 amide bonds. The molecule has 8 heteroatoms. The van der Waals surface area contributed by atoms with E-state index in [0.29, 0.717) is 12.2 Å². The van der Waals surface area contributed by atoms with Crippen molar-refractivity contribution >= 4 is 31.7 Å². The van der Waals surface area contributed by atoms with Gasteiger partial charge < -0.3 is 4.74 Å². The van der Waals surface area contributed by atoms with E-state index in [1.54, 1.807) is 38.2 Å². The molecule has 0 bridgehead atoms. The van der Waals surface area contributed by atoms with Gasteiger partial charge >= 0.3 is 0 Å². The number of halogens is 1. The highest BCUT2D eigenvalue weighted by atomic mass is 79.9. The molecule has 2 unspecified atom stereocenters. The molecule has 1 aromatic carbocycles. The van der Waals surface area contributed by atoms with E-state index in [1.165, 1.54) is 5.01 Å². The van der Waals surface area contributed by atoms with Gasteiger partial charge in [-0.25, -0.2) is 13.4 Å². The van der Waals surface area contributed by atoms with Gasteiger partial charge in [-0.1, -0.05) is 15.9 Å². The van der Waals surface area contributed by atoms with E-state index in [9.17, 15) is 13.2 Å². The molecule has 0 spiro atoms. The highest BCUT2D eigenvalue weighted by Crippen LogP contribution is 2.22. The number of hydrogen-bond acceptors (Lipinski definition) is 5. The first-order chi connectivity index (χ1) is 10.7. The van der Waals surface area contributed by atoms with Gasteiger partial charge in [0.05, 0.1) is 17.5 Å². The van der Waals surface area contributed by atoms with Crippen LogP contribution in [0.25, 0.3) is 0 Å². The third-order valence-electron chi connectivity index (χ3n) is 3.69. The number of carbonyl (C=O) groups is 1. The topological polar surface area (TPSA) is 66.9 Å². The van der Waals surface area contributed by atoms with Crippen molar-refractivity contribution in [3.63, 3.8) is 0 Å². The fraction of sp³-hybridized carbons (Fsp3) is 0.533. The van der Waals surface area contributed by atoms with E-state index >= 15 is 0 Å². The van der Waals surface area contributed by atoms with Gasteiger partial charge in [-0.3, -0.25) is 9.80 Å². The first-order valence-electron chi connectivity index (χ1n) is 7.32. The average molecular weight is 405 g/mol. The van der Waals surface area contributed by atoms with Crippen molar-refractivity contribution in [3.05, 3.63) is 28.7 Å². The summed E-state index contributed by atoms with van der Waals surface area (Å²) in [6.45, 7) is 1.67. The molecule has 1 saturated heterocycles. The summed E-state index contributed by atoms with van der Waals surface area (Å²) in [5, 5.41) is 3.13. The van der Waals surface area contributed by atoms with Crippen LogP contribution in [0.4, 0.5) is 0 Å². The highest BCUT2D eigenvalue weighted by Gasteiger charge is 2.37. The molecule has 128 valence electrons. The summed E-state index contributed by atoms with van der Waals surface area (Å²) in [5.41, 5.74) is 0. The van der Waals surface area contributed by atoms with Crippen molar-refractivity contribution in [1.29, 1.82) is 0 Å². The number of amides is 1. The molecule has 1 heterocycles. The summed E-state index contributed by atoms with van der Waals surface area (Å²) in [7, 11) is 0.399. The zero-order valence-electron chi connectivity index (χ0n) is 13.4. The van der Waals surface area contributed by atoms with Crippen molar-refractivity contribution < 1.29 is 17.9 Å². The molecular weight excluding hydrogens is 384 g/mol. The summed E-state index contributed by atoms with van der Waals surface area (Å²) in [6, 6.07) is 6.87. The van der Waals surface area contributed by atoms with Crippen molar-refractivity contribution in [2.75, 3.05) is 25.6 Å². The first kappa shape index (κ1) is 18.2. The van der Waals surface area contributed by atoms with Gasteiger partial charge in [-0.15, -0.1) is 0 Å². The van der Waals surface area contributed by atoms with Crippen LogP contribution in [0.2, 0.25) is 0 Å². The number of rotatable bonds is 5. The second-order valence-electron chi connectivity index (χ2n) is 5.80. The molecule has 2 atom stereocenters. The largest absolute Gasteiger partial charge is 0.481 e. The van der Waals surface area contributed by atoms with Crippen LogP contribution in [0.1, 0.15) is 13.3 Å². The zero-order chi connectivity index (χ0) is 17.2. The number of benzene rings is 1. The Balaban J connectivity index is 2.09. The Hall–Kier alpha value is -1.12. The standard InChI is InChI=1S/C15H21BrN2O4S/c1-11(22-14-6-4-12(16)5-7-14)15(19)18(17(2)3)13-8-9-23(20,21)10-13/h4-7,11,13H,8-10H2,1-3H3. The Morgan fingerprint density at radius 3 is 2.39 bits per heavy atom. The Morgan fingerprint density at radius 2 is 1.91 bits per heavy atom. The van der Waals surface area contributed by atoms with Gasteiger partial charge in [0, 0.05) is 18.6 Å². The Labute approximate surface area is 145 Å². The number of carbonyl (C=O) groups excluding carboxylic acids is 1. The van der Waals surface area contributed by atoms with Gasteiger partial charge in [-0.2, -0.15) is 0 Å². The van der Waals surface area contributed by atoms with Gasteiger partial charge in [0.2, 0.25) is 0 Å². The normalized spacial score (nSPS) is 21.2. The van der Waals surface area contributed by atoms with E-state index in [2.05, 4.69) is 15.9 Å². The number of hydrogen-bond donors (Lipinski definition) is 0. The molecule has 1 aliphatic rings. The lowest BCUT2D eigenvalue weighted by molar-refractivity contribution is -0.156. The summed E-state index contributed by atoms with van der Waals surface area (Å²) < 4.78 is 30.0. The minimum Gasteiger partial charge on any atom is -0.481 e. The number of hydrazine groups is 1. The number of sulfone groups is 1. The first-order valence-corrected chi connectivity index (χ1v) is 9.94. The molecular formula is C15H21BrN2O4S. The maximum atomic E-state index is 12.7. The van der Waals surface area contributed by atoms with Gasteiger partial charge in [-0.05, 0) is 37.6 Å². The van der Waals surface area contributed by atoms with Crippen molar-refractivity contribution in [3.8, 4) is 5.75 Å². The molecule has 0 aliphatic carbocycles. The maximum Gasteiger partial charge on any atom is 0.277 e. The van der Waals surface area contributed by atoms with E-state index in [4.69, 9.17) is 4.74 Å². The molecule has 23 heavy (non-hydrogen) atoms. The second-order valence-corrected chi connectivity index (χ2v) is 8.95. The monoisotopic (exact) mass is 404 g/mol. The minimum absolute atomic E-state index is 0.00191. The SMILES string of the molecule is CC(Oc1ccc(Br)cc1)C(=O)N(C1CCS(=O)(=O)C1)N(C)C. The second kappa shape index (κ2) is 7.19. The van der Waals surface area contributed by atoms with Crippen LogP contribution in [-0.2, 0) is 14.6 Å². The van der Waals surface area contributed by atoms with Crippen molar-refractivity contribution in [2.45, 2.75) is 25.5 Å². The number of ether oxygens (including phenoxy) is 1. The molecule has 0 aromatic heterocycles. The van der Waals surface area contributed by atoms with Crippen LogP contribution in [0.5, 0.6) is 5.75 Å². The third kappa shape index (κ3) is 4.68. The van der Waals surface area contributed by atoms with Crippen LogP contribution in [0.15, 0.2) is 28.7 Å². The van der Waals surface area contributed by atoms with Gasteiger partial charge in [0.25, 0.3) is 5.91 Å². The van der Waals surface area contributed by atoms with E-state index in [-0.39, 0.29) is 23.5 Å². The summed E-state index contributed by atoms with van der Waals surface area (Å²) in [4.78, 5) is 12.7. The Morgan fingerprint density at radius 1 is 1.30 bits per heavy atom. The van der Waals surface area contributed by atoms with E-state index < -0.39 is 15.9 Å². The molecule has 1 aliphatic heterocycles. The van der Waals surface area contributed by atoms with Crippen LogP contribution in [-0.4, -0.2) is 62.1 Å². The molecule has 1 fully saturated rings. The summed E-state index contributed by atoms with van der Waals surface area (Å²) in [6.07, 6.45) is -0.251. The van der Waals surface area contributed by atoms with Crippen molar-refractivity contribution in [2.24, 2.45) is 0 Å². The van der Waals surface area contributed by atoms with E-state index in [0.717, 1.165) is 4.47 Å². The smallest absolute Gasteiger partial charge is 0.277 e. The van der Waals surface area contributed by atoms with Crippen molar-refractivity contribution in [1.82, 2.24) is 10.0 Å². The molecule has 0 radical (unpaired) electrons. The van der Waals surface area contributed by atoms with Gasteiger partial charge in [0.1, 0.15) is 5.75 Å². The quantitative estimate of drug-likeness (QED) is 0.698. The Bertz CT molecular complexity index is 661. The Kier molecular flexibility index (Phi) is 5.70. The highest BCUT2D eigenvalue weighted by molar-refractivity contribution is 9.10. The maximum absolute atomic E-state index is 12.7. The van der Waals surface area contributed by atoms with E-state index in [1.807, 2.05) is 12.1 Å². The average Bonchev–Trinajstić information content (AvgIpc) is 2.81. The third-order valence-corrected chi connectivity index (χ3v) is 5.96. The van der Waals surface area contributed by atoms with Crippen LogP contribution < -0.4 is 4.74 Å². The van der Waals surface area contributed by atoms with Crippen LogP contribution >= 0.6 is 15.9 Å². The lowest BCUT2D eigenvalue weighted by Crippen LogP contribution is -2.53. The lowest BCUT2D eigenvalue weighted by atomic mass is 10.2. The molecule has 0 saturated carbocycles. The fourth-order valence-corrected chi connectivity index (χ4v) is 4.58. The minimum atomic E-state index is -3.06. The van der Waals surface area contributed by atoms with Crippen LogP contribution in [0.3, 0.4) is 0 Å². The fourth-order valence-electron chi connectivity index (χ4n) is 2.63. The number of nitrogens with zero attached hydrogens (tertiary/aromatic N) is 2. The van der Waals surface area contributed by atoms with Gasteiger partial charge in [0.15, 0.2) is 15.9 Å².